The van der Waals surface area contributed by atoms with E-state index in [-0.39, 0.29) is 22.0 Å². The Labute approximate surface area is 209 Å². The number of halogens is 1. The van der Waals surface area contributed by atoms with Crippen LogP contribution in [0.25, 0.3) is 0 Å². The van der Waals surface area contributed by atoms with Crippen LogP contribution in [-0.2, 0) is 10.0 Å². The summed E-state index contributed by atoms with van der Waals surface area (Å²) in [5.74, 6) is 0.280. The topological polar surface area (TPSA) is 87.7 Å². The van der Waals surface area contributed by atoms with Crippen molar-refractivity contribution in [3.8, 4) is 5.75 Å². The van der Waals surface area contributed by atoms with Gasteiger partial charge in [-0.3, -0.25) is 10.1 Å². The van der Waals surface area contributed by atoms with Crippen LogP contribution in [0, 0.1) is 0 Å². The molecule has 2 aromatic carbocycles. The average Bonchev–Trinajstić information content (AvgIpc) is 3.05. The van der Waals surface area contributed by atoms with Crippen LogP contribution in [0.4, 0.5) is 5.69 Å². The van der Waals surface area contributed by atoms with E-state index in [1.807, 2.05) is 13.8 Å². The maximum atomic E-state index is 12.9. The van der Waals surface area contributed by atoms with Gasteiger partial charge in [-0.05, 0) is 97.3 Å². The number of hydrogen-bond acceptors (Lipinski definition) is 5. The van der Waals surface area contributed by atoms with Crippen LogP contribution in [0.2, 0.25) is 0 Å². The Morgan fingerprint density at radius 1 is 1.06 bits per heavy atom. The summed E-state index contributed by atoms with van der Waals surface area (Å²) in [6.07, 6.45) is 3.91. The van der Waals surface area contributed by atoms with Gasteiger partial charge in [0, 0.05) is 24.3 Å². The normalized spacial score (nSPS) is 15.0. The number of sulfonamides is 1. The smallest absolute Gasteiger partial charge is 0.257 e. The molecular weight excluding hydrogens is 526 g/mol. The van der Waals surface area contributed by atoms with Gasteiger partial charge in [0.2, 0.25) is 10.0 Å². The monoisotopic (exact) mass is 553 g/mol. The van der Waals surface area contributed by atoms with Gasteiger partial charge in [-0.1, -0.05) is 12.8 Å². The van der Waals surface area contributed by atoms with Gasteiger partial charge in [-0.2, -0.15) is 4.31 Å². The number of rotatable bonds is 6. The molecule has 3 rings (SSSR count). The second kappa shape index (κ2) is 11.4. The summed E-state index contributed by atoms with van der Waals surface area (Å²) in [5, 5.41) is 5.66. The highest BCUT2D eigenvalue weighted by molar-refractivity contribution is 9.10. The van der Waals surface area contributed by atoms with Gasteiger partial charge in [-0.25, -0.2) is 8.42 Å². The van der Waals surface area contributed by atoms with Gasteiger partial charge in [-0.15, -0.1) is 0 Å². The molecule has 33 heavy (non-hydrogen) atoms. The maximum absolute atomic E-state index is 12.9. The molecule has 178 valence electrons. The van der Waals surface area contributed by atoms with E-state index < -0.39 is 10.0 Å². The van der Waals surface area contributed by atoms with E-state index in [2.05, 4.69) is 26.6 Å². The fraction of sp³-hybridized carbons (Fsp3) is 0.391. The molecule has 10 heteroatoms. The van der Waals surface area contributed by atoms with Crippen LogP contribution in [0.1, 0.15) is 49.9 Å². The predicted octanol–water partition coefficient (Wildman–Crippen LogP) is 4.93. The zero-order valence-corrected chi connectivity index (χ0v) is 21.9. The first kappa shape index (κ1) is 25.6. The van der Waals surface area contributed by atoms with Gasteiger partial charge in [0.05, 0.1) is 15.5 Å². The highest BCUT2D eigenvalue weighted by atomic mass is 79.9. The molecule has 1 fully saturated rings. The van der Waals surface area contributed by atoms with E-state index in [1.165, 1.54) is 0 Å². The summed E-state index contributed by atoms with van der Waals surface area (Å²) in [4.78, 5) is 12.8. The third-order valence-electron chi connectivity index (χ3n) is 5.10. The van der Waals surface area contributed by atoms with Crippen molar-refractivity contribution >= 4 is 54.9 Å². The molecule has 2 aromatic rings. The fourth-order valence-electron chi connectivity index (χ4n) is 3.47. The Hall–Kier alpha value is -2.01. The van der Waals surface area contributed by atoms with E-state index in [9.17, 15) is 13.2 Å². The summed E-state index contributed by atoms with van der Waals surface area (Å²) in [7, 11) is -3.51. The van der Waals surface area contributed by atoms with Gasteiger partial charge >= 0.3 is 0 Å². The number of anilines is 1. The molecular formula is C23H28BrN3O4S2. The predicted molar refractivity (Wildman–Crippen MR) is 137 cm³/mol. The molecule has 2 N–H and O–H groups in total. The van der Waals surface area contributed by atoms with Gasteiger partial charge in [0.1, 0.15) is 5.75 Å². The highest BCUT2D eigenvalue weighted by Gasteiger charge is 2.25. The van der Waals surface area contributed by atoms with Crippen LogP contribution in [0.3, 0.4) is 0 Å². The number of ether oxygens (including phenoxy) is 1. The van der Waals surface area contributed by atoms with Crippen molar-refractivity contribution in [2.45, 2.75) is 50.5 Å². The van der Waals surface area contributed by atoms with Gasteiger partial charge < -0.3 is 10.1 Å². The fourth-order valence-corrected chi connectivity index (χ4v) is 5.67. The van der Waals surface area contributed by atoms with Gasteiger partial charge in [0.15, 0.2) is 5.11 Å². The average molecular weight is 555 g/mol. The van der Waals surface area contributed by atoms with Crippen molar-refractivity contribution in [1.29, 1.82) is 0 Å². The molecule has 7 nitrogen and oxygen atoms in total. The molecule has 1 saturated heterocycles. The summed E-state index contributed by atoms with van der Waals surface area (Å²) >= 11 is 8.66. The number of nitrogens with zero attached hydrogens (tertiary/aromatic N) is 1. The summed E-state index contributed by atoms with van der Waals surface area (Å²) in [5.41, 5.74) is 0.998. The zero-order valence-electron chi connectivity index (χ0n) is 18.6. The molecule has 0 spiro atoms. The van der Waals surface area contributed by atoms with Gasteiger partial charge in [0.25, 0.3) is 5.91 Å². The summed E-state index contributed by atoms with van der Waals surface area (Å²) in [6.45, 7) is 4.96. The third kappa shape index (κ3) is 6.99. The molecule has 0 saturated carbocycles. The number of carbonyl (C=O) groups excluding carboxylic acids is 1. The van der Waals surface area contributed by atoms with Crippen LogP contribution in [0.5, 0.6) is 5.75 Å². The van der Waals surface area contributed by atoms with Crippen molar-refractivity contribution in [1.82, 2.24) is 9.62 Å². The molecule has 1 amide bonds. The van der Waals surface area contributed by atoms with Crippen LogP contribution in [-0.4, -0.2) is 42.9 Å². The number of thiocarbonyl (C=S) groups is 1. The highest BCUT2D eigenvalue weighted by Crippen LogP contribution is 2.27. The first-order valence-electron chi connectivity index (χ1n) is 10.9. The van der Waals surface area contributed by atoms with E-state index >= 15 is 0 Å². The van der Waals surface area contributed by atoms with Crippen LogP contribution >= 0.6 is 28.1 Å². The molecule has 1 aliphatic rings. The lowest BCUT2D eigenvalue weighted by Gasteiger charge is -2.20. The molecule has 0 aromatic heterocycles. The largest absolute Gasteiger partial charge is 0.490 e. The lowest BCUT2D eigenvalue weighted by molar-refractivity contribution is 0.0977. The number of amides is 1. The van der Waals surface area contributed by atoms with Crippen molar-refractivity contribution in [3.05, 3.63) is 52.5 Å². The van der Waals surface area contributed by atoms with E-state index in [0.717, 1.165) is 25.7 Å². The van der Waals surface area contributed by atoms with Crippen molar-refractivity contribution < 1.29 is 17.9 Å². The third-order valence-corrected chi connectivity index (χ3v) is 7.84. The number of hydrogen-bond donors (Lipinski definition) is 2. The Balaban J connectivity index is 1.60. The lowest BCUT2D eigenvalue weighted by Crippen LogP contribution is -2.34. The Morgan fingerprint density at radius 3 is 2.27 bits per heavy atom. The number of carbonyl (C=O) groups is 1. The quantitative estimate of drug-likeness (QED) is 0.493. The van der Waals surface area contributed by atoms with Crippen molar-refractivity contribution in [2.24, 2.45) is 0 Å². The molecule has 0 aliphatic carbocycles. The molecule has 0 atom stereocenters. The Morgan fingerprint density at radius 2 is 1.70 bits per heavy atom. The second-order valence-corrected chi connectivity index (χ2v) is 11.3. The Kier molecular flexibility index (Phi) is 8.86. The van der Waals surface area contributed by atoms with Crippen LogP contribution < -0.4 is 15.4 Å². The lowest BCUT2D eigenvalue weighted by atomic mass is 10.2. The minimum absolute atomic E-state index is 0.0171. The maximum Gasteiger partial charge on any atom is 0.257 e. The van der Waals surface area contributed by atoms with Crippen LogP contribution in [0.15, 0.2) is 51.8 Å². The molecule has 0 unspecified atom stereocenters. The zero-order chi connectivity index (χ0) is 24.0. The first-order valence-corrected chi connectivity index (χ1v) is 13.5. The summed E-state index contributed by atoms with van der Waals surface area (Å²) < 4.78 is 33.7. The minimum atomic E-state index is -3.51. The number of benzene rings is 2. The minimum Gasteiger partial charge on any atom is -0.490 e. The Bertz CT molecular complexity index is 1100. The molecule has 1 aliphatic heterocycles. The van der Waals surface area contributed by atoms with E-state index in [4.69, 9.17) is 17.0 Å². The first-order chi connectivity index (χ1) is 15.7. The standard InChI is InChI=1S/C23H28BrN3O4S2/c1-16(2)31-21-12-7-17(15-20(21)24)22(28)26-23(32)25-18-8-10-19(11-9-18)33(29,30)27-13-5-3-4-6-14-27/h7-12,15-16H,3-6,13-14H2,1-2H3,(H2,25,26,28,32). The number of nitrogens with one attached hydrogen (secondary N) is 2. The van der Waals surface area contributed by atoms with Crippen molar-refractivity contribution in [3.63, 3.8) is 0 Å². The molecule has 0 bridgehead atoms. The SMILES string of the molecule is CC(C)Oc1ccc(C(=O)NC(=S)Nc2ccc(S(=O)(=O)N3CCCCCC3)cc2)cc1Br. The second-order valence-electron chi connectivity index (χ2n) is 8.06. The van der Waals surface area contributed by atoms with E-state index in [0.29, 0.717) is 34.6 Å². The van der Waals surface area contributed by atoms with Crippen molar-refractivity contribution in [2.75, 3.05) is 18.4 Å². The summed E-state index contributed by atoms with van der Waals surface area (Å²) in [6, 6.07) is 11.4. The molecule has 0 radical (unpaired) electrons. The molecule has 1 heterocycles. The van der Waals surface area contributed by atoms with E-state index in [1.54, 1.807) is 46.8 Å².